The van der Waals surface area contributed by atoms with Crippen molar-refractivity contribution in [2.45, 2.75) is 38.5 Å². The van der Waals surface area contributed by atoms with Gasteiger partial charge in [0.05, 0.1) is 0 Å². The molecule has 3 nitrogen and oxygen atoms in total. The number of carbonyl (C=O) groups excluding carboxylic acids is 2. The molecule has 0 heterocycles. The van der Waals surface area contributed by atoms with E-state index in [1.807, 2.05) is 6.92 Å². The summed E-state index contributed by atoms with van der Waals surface area (Å²) in [5, 5.41) is 0. The maximum absolute atomic E-state index is 13.9. The fraction of sp³-hybridized carbons (Fsp3) is 0.500. The fourth-order valence-corrected chi connectivity index (χ4v) is 1.41. The number of alkyl halides is 1. The lowest BCUT2D eigenvalue weighted by molar-refractivity contribution is -0.183. The first-order valence-electron chi connectivity index (χ1n) is 5.60. The first kappa shape index (κ1) is 14.5. The number of hydrogen-bond acceptors (Lipinski definition) is 3. The minimum absolute atomic E-state index is 0.147. The number of ether oxygens (including phenoxy) is 1. The SMILES string of the molecule is CCCCCC(=O)OC1(F)C(=O)C(F)=CC=C1F. The average Bonchev–Trinajstić information content (AvgIpc) is 2.32. The molecule has 0 saturated heterocycles. The molecule has 0 amide bonds. The molecule has 1 aliphatic rings. The molecule has 0 radical (unpaired) electrons. The van der Waals surface area contributed by atoms with E-state index in [9.17, 15) is 22.8 Å². The van der Waals surface area contributed by atoms with Gasteiger partial charge in [0.25, 0.3) is 5.78 Å². The van der Waals surface area contributed by atoms with Crippen molar-refractivity contribution in [1.82, 2.24) is 0 Å². The zero-order chi connectivity index (χ0) is 13.8. The predicted molar refractivity (Wildman–Crippen MR) is 57.5 cm³/mol. The highest BCUT2D eigenvalue weighted by atomic mass is 19.2. The third-order valence-corrected chi connectivity index (χ3v) is 2.43. The van der Waals surface area contributed by atoms with Crippen LogP contribution in [0.15, 0.2) is 23.8 Å². The van der Waals surface area contributed by atoms with Crippen LogP contribution in [0.25, 0.3) is 0 Å². The Labute approximate surface area is 102 Å². The Bertz CT molecular complexity index is 411. The highest BCUT2D eigenvalue weighted by molar-refractivity contribution is 6.03. The maximum Gasteiger partial charge on any atom is 0.369 e. The summed E-state index contributed by atoms with van der Waals surface area (Å²) >= 11 is 0. The lowest BCUT2D eigenvalue weighted by Crippen LogP contribution is -2.41. The molecule has 0 N–H and O–H groups in total. The van der Waals surface area contributed by atoms with E-state index in [1.54, 1.807) is 0 Å². The van der Waals surface area contributed by atoms with E-state index in [-0.39, 0.29) is 6.42 Å². The molecule has 0 fully saturated rings. The third-order valence-electron chi connectivity index (χ3n) is 2.43. The van der Waals surface area contributed by atoms with Gasteiger partial charge in [-0.1, -0.05) is 19.8 Å². The summed E-state index contributed by atoms with van der Waals surface area (Å²) in [5.41, 5.74) is 0. The van der Waals surface area contributed by atoms with E-state index >= 15 is 0 Å². The molecule has 0 bridgehead atoms. The van der Waals surface area contributed by atoms with E-state index in [0.29, 0.717) is 18.6 Å². The number of unbranched alkanes of at least 4 members (excludes halogenated alkanes) is 2. The predicted octanol–water partition coefficient (Wildman–Crippen LogP) is 3.07. The van der Waals surface area contributed by atoms with Gasteiger partial charge in [-0.25, -0.2) is 8.78 Å². The summed E-state index contributed by atoms with van der Waals surface area (Å²) in [7, 11) is 0. The Balaban J connectivity index is 2.70. The zero-order valence-corrected chi connectivity index (χ0v) is 9.84. The van der Waals surface area contributed by atoms with Crippen LogP contribution in [0.2, 0.25) is 0 Å². The van der Waals surface area contributed by atoms with E-state index in [0.717, 1.165) is 12.8 Å². The van der Waals surface area contributed by atoms with E-state index < -0.39 is 29.3 Å². The summed E-state index contributed by atoms with van der Waals surface area (Å²) in [5.74, 6) is -9.66. The average molecular weight is 262 g/mol. The highest BCUT2D eigenvalue weighted by Gasteiger charge is 2.51. The lowest BCUT2D eigenvalue weighted by Gasteiger charge is -2.23. The molecule has 1 aliphatic carbocycles. The van der Waals surface area contributed by atoms with Crippen LogP contribution in [0.3, 0.4) is 0 Å². The molecule has 0 aromatic carbocycles. The minimum atomic E-state index is -3.65. The minimum Gasteiger partial charge on any atom is -0.415 e. The first-order valence-corrected chi connectivity index (χ1v) is 5.60. The molecule has 100 valence electrons. The van der Waals surface area contributed by atoms with Crippen molar-refractivity contribution in [1.29, 1.82) is 0 Å². The van der Waals surface area contributed by atoms with Gasteiger partial charge in [0.15, 0.2) is 11.7 Å². The Hall–Kier alpha value is -1.59. The van der Waals surface area contributed by atoms with Gasteiger partial charge in [0.2, 0.25) is 0 Å². The third kappa shape index (κ3) is 3.00. The van der Waals surface area contributed by atoms with Crippen LogP contribution in [-0.4, -0.2) is 17.6 Å². The molecule has 0 saturated carbocycles. The summed E-state index contributed by atoms with van der Waals surface area (Å²) < 4.78 is 44.0. The smallest absolute Gasteiger partial charge is 0.369 e. The Morgan fingerprint density at radius 2 is 2.00 bits per heavy atom. The largest absolute Gasteiger partial charge is 0.415 e. The van der Waals surface area contributed by atoms with Crippen LogP contribution in [-0.2, 0) is 14.3 Å². The van der Waals surface area contributed by atoms with Gasteiger partial charge in [0.1, 0.15) is 0 Å². The van der Waals surface area contributed by atoms with Crippen LogP contribution in [0.5, 0.6) is 0 Å². The molecule has 0 aromatic heterocycles. The molecule has 0 aliphatic heterocycles. The molecule has 18 heavy (non-hydrogen) atoms. The topological polar surface area (TPSA) is 43.4 Å². The number of carbonyl (C=O) groups is 2. The van der Waals surface area contributed by atoms with E-state index in [1.165, 1.54) is 0 Å². The summed E-state index contributed by atoms with van der Waals surface area (Å²) in [6, 6.07) is 0. The normalized spacial score (nSPS) is 23.4. The van der Waals surface area contributed by atoms with Crippen LogP contribution in [0, 0.1) is 0 Å². The quantitative estimate of drug-likeness (QED) is 0.565. The second kappa shape index (κ2) is 5.84. The van der Waals surface area contributed by atoms with Crippen molar-refractivity contribution >= 4 is 11.8 Å². The first-order chi connectivity index (χ1) is 8.41. The summed E-state index contributed by atoms with van der Waals surface area (Å²) in [6.07, 6.45) is 2.75. The van der Waals surface area contributed by atoms with Gasteiger partial charge in [0, 0.05) is 6.42 Å². The highest BCUT2D eigenvalue weighted by Crippen LogP contribution is 2.33. The number of rotatable bonds is 5. The second-order valence-electron chi connectivity index (χ2n) is 3.88. The zero-order valence-electron chi connectivity index (χ0n) is 9.84. The van der Waals surface area contributed by atoms with Gasteiger partial charge >= 0.3 is 11.8 Å². The van der Waals surface area contributed by atoms with Gasteiger partial charge < -0.3 is 4.74 Å². The molecule has 1 unspecified atom stereocenters. The van der Waals surface area contributed by atoms with Crippen molar-refractivity contribution in [3.05, 3.63) is 23.8 Å². The summed E-state index contributed by atoms with van der Waals surface area (Å²) in [6.45, 7) is 1.90. The van der Waals surface area contributed by atoms with Crippen molar-refractivity contribution < 1.29 is 27.5 Å². The number of allylic oxidation sites excluding steroid dienone is 2. The van der Waals surface area contributed by atoms with Gasteiger partial charge in [-0.2, -0.15) is 4.39 Å². The number of esters is 1. The molecule has 0 aromatic rings. The number of ketones is 1. The van der Waals surface area contributed by atoms with Crippen molar-refractivity contribution in [2.75, 3.05) is 0 Å². The molecule has 1 atom stereocenters. The molecule has 0 spiro atoms. The lowest BCUT2D eigenvalue weighted by atomic mass is 10.1. The van der Waals surface area contributed by atoms with Crippen molar-refractivity contribution in [3.63, 3.8) is 0 Å². The number of Topliss-reactive ketones (excluding diaryl/α,β-unsaturated/α-hetero) is 1. The molecular weight excluding hydrogens is 249 g/mol. The van der Waals surface area contributed by atoms with E-state index in [4.69, 9.17) is 0 Å². The monoisotopic (exact) mass is 262 g/mol. The molecule has 6 heteroatoms. The maximum atomic E-state index is 13.9. The molecular formula is C12H13F3O3. The Morgan fingerprint density at radius 3 is 2.61 bits per heavy atom. The van der Waals surface area contributed by atoms with Crippen molar-refractivity contribution in [3.8, 4) is 0 Å². The van der Waals surface area contributed by atoms with E-state index in [2.05, 4.69) is 4.74 Å². The van der Waals surface area contributed by atoms with Crippen LogP contribution in [0.1, 0.15) is 32.6 Å². The van der Waals surface area contributed by atoms with Crippen LogP contribution >= 0.6 is 0 Å². The van der Waals surface area contributed by atoms with Gasteiger partial charge in [-0.3, -0.25) is 9.59 Å². The van der Waals surface area contributed by atoms with Crippen LogP contribution < -0.4 is 0 Å². The Morgan fingerprint density at radius 1 is 1.33 bits per heavy atom. The number of hydrogen-bond donors (Lipinski definition) is 0. The number of halogens is 3. The van der Waals surface area contributed by atoms with Gasteiger partial charge in [-0.05, 0) is 18.6 Å². The van der Waals surface area contributed by atoms with Crippen molar-refractivity contribution in [2.24, 2.45) is 0 Å². The van der Waals surface area contributed by atoms with Gasteiger partial charge in [-0.15, -0.1) is 0 Å². The summed E-state index contributed by atoms with van der Waals surface area (Å²) in [4.78, 5) is 22.4. The second-order valence-corrected chi connectivity index (χ2v) is 3.88. The molecule has 1 rings (SSSR count). The fourth-order valence-electron chi connectivity index (χ4n) is 1.41. The van der Waals surface area contributed by atoms with Crippen LogP contribution in [0.4, 0.5) is 13.2 Å². The Kier molecular flexibility index (Phi) is 4.69. The standard InChI is InChI=1S/C12H13F3O3/c1-2-3-4-5-10(16)18-12(15)9(14)7-6-8(13)11(12)17/h6-7H,2-5H2,1H3.